The lowest BCUT2D eigenvalue weighted by Gasteiger charge is -2.22. The number of ether oxygens (including phenoxy) is 1. The maximum Gasteiger partial charge on any atom is 0.335 e. The summed E-state index contributed by atoms with van der Waals surface area (Å²) in [6.45, 7) is 0.515. The standard InChI is InChI=1S/C24H20N4O5/c1-33-19-4-2-3-15(9-19)11-26-22(29)20-10-18-13-28(14-27-21(18)12-25-20)23(30)16-5-7-17(8-6-16)24(31)32/h2-10,12,14H,11,13H2,1H3,(H,26,29)(H,31,32). The summed E-state index contributed by atoms with van der Waals surface area (Å²) in [4.78, 5) is 46.3. The number of carbonyl (C=O) groups is 3. The van der Waals surface area contributed by atoms with E-state index in [0.717, 1.165) is 5.56 Å². The zero-order chi connectivity index (χ0) is 23.4. The van der Waals surface area contributed by atoms with Crippen LogP contribution < -0.4 is 10.1 Å². The zero-order valence-corrected chi connectivity index (χ0v) is 17.7. The van der Waals surface area contributed by atoms with Gasteiger partial charge in [-0.25, -0.2) is 14.8 Å². The largest absolute Gasteiger partial charge is 0.497 e. The second-order valence-electron chi connectivity index (χ2n) is 7.29. The molecule has 0 spiro atoms. The van der Waals surface area contributed by atoms with Gasteiger partial charge in [0.2, 0.25) is 0 Å². The molecule has 1 aliphatic heterocycles. The number of methoxy groups -OCH3 is 1. The minimum Gasteiger partial charge on any atom is -0.497 e. The van der Waals surface area contributed by atoms with Crippen LogP contribution in [-0.2, 0) is 13.1 Å². The first-order valence-electron chi connectivity index (χ1n) is 10.0. The number of carboxylic acid groups (broad SMARTS) is 1. The molecule has 1 aliphatic rings. The van der Waals surface area contributed by atoms with E-state index < -0.39 is 5.97 Å². The number of pyridine rings is 1. The maximum absolute atomic E-state index is 12.8. The van der Waals surface area contributed by atoms with Crippen LogP contribution in [0.1, 0.15) is 42.3 Å². The van der Waals surface area contributed by atoms with E-state index in [0.29, 0.717) is 29.1 Å². The van der Waals surface area contributed by atoms with Crippen LogP contribution >= 0.6 is 0 Å². The first-order chi connectivity index (χ1) is 15.9. The van der Waals surface area contributed by atoms with Gasteiger partial charge in [0, 0.05) is 17.7 Å². The molecule has 0 fully saturated rings. The van der Waals surface area contributed by atoms with Crippen LogP contribution in [0.2, 0.25) is 0 Å². The highest BCUT2D eigenvalue weighted by atomic mass is 16.5. The topological polar surface area (TPSA) is 121 Å². The molecule has 33 heavy (non-hydrogen) atoms. The highest BCUT2D eigenvalue weighted by Crippen LogP contribution is 2.25. The number of carboxylic acids is 1. The number of amides is 2. The molecule has 0 radical (unpaired) electrons. The molecule has 0 aliphatic carbocycles. The van der Waals surface area contributed by atoms with E-state index in [1.807, 2.05) is 24.3 Å². The number of benzene rings is 2. The number of aliphatic imine (C=N–C) groups is 1. The fourth-order valence-electron chi connectivity index (χ4n) is 3.31. The molecular formula is C24H20N4O5. The summed E-state index contributed by atoms with van der Waals surface area (Å²) >= 11 is 0. The molecule has 9 heteroatoms. The zero-order valence-electron chi connectivity index (χ0n) is 17.7. The monoisotopic (exact) mass is 444 g/mol. The molecule has 4 rings (SSSR count). The van der Waals surface area contributed by atoms with Crippen LogP contribution in [-0.4, -0.2) is 46.2 Å². The Morgan fingerprint density at radius 3 is 2.58 bits per heavy atom. The second-order valence-corrected chi connectivity index (χ2v) is 7.29. The van der Waals surface area contributed by atoms with Gasteiger partial charge in [0.1, 0.15) is 11.4 Å². The smallest absolute Gasteiger partial charge is 0.335 e. The van der Waals surface area contributed by atoms with Gasteiger partial charge >= 0.3 is 5.97 Å². The molecule has 0 unspecified atom stereocenters. The van der Waals surface area contributed by atoms with Crippen LogP contribution in [0.5, 0.6) is 5.75 Å². The number of nitrogens with one attached hydrogen (secondary N) is 1. The first-order valence-corrected chi connectivity index (χ1v) is 10.0. The molecule has 0 saturated heterocycles. The Bertz CT molecular complexity index is 1250. The van der Waals surface area contributed by atoms with Crippen molar-refractivity contribution in [3.63, 3.8) is 0 Å². The third-order valence-electron chi connectivity index (χ3n) is 5.10. The van der Waals surface area contributed by atoms with E-state index in [1.54, 1.807) is 13.2 Å². The van der Waals surface area contributed by atoms with Crippen molar-refractivity contribution >= 4 is 29.8 Å². The van der Waals surface area contributed by atoms with Crippen molar-refractivity contribution < 1.29 is 24.2 Å². The van der Waals surface area contributed by atoms with Gasteiger partial charge in [0.15, 0.2) is 0 Å². The summed E-state index contributed by atoms with van der Waals surface area (Å²) in [6.07, 6.45) is 2.90. The Kier molecular flexibility index (Phi) is 6.12. The number of rotatable bonds is 6. The average molecular weight is 444 g/mol. The lowest BCUT2D eigenvalue weighted by molar-refractivity contribution is 0.0695. The summed E-state index contributed by atoms with van der Waals surface area (Å²) in [7, 11) is 1.58. The Morgan fingerprint density at radius 2 is 1.85 bits per heavy atom. The lowest BCUT2D eigenvalue weighted by atomic mass is 10.1. The van der Waals surface area contributed by atoms with Crippen LogP contribution in [0.3, 0.4) is 0 Å². The highest BCUT2D eigenvalue weighted by molar-refractivity contribution is 6.02. The van der Waals surface area contributed by atoms with Gasteiger partial charge in [0.25, 0.3) is 11.8 Å². The van der Waals surface area contributed by atoms with Crippen molar-refractivity contribution in [2.75, 3.05) is 7.11 Å². The van der Waals surface area contributed by atoms with E-state index in [9.17, 15) is 14.4 Å². The molecule has 3 aromatic rings. The van der Waals surface area contributed by atoms with Crippen molar-refractivity contribution in [3.05, 3.63) is 88.7 Å². The SMILES string of the molecule is COc1cccc(CNC(=O)c2cc3c(cn2)N=CN(C(=O)c2ccc(C(=O)O)cc2)C3)c1. The molecule has 9 nitrogen and oxygen atoms in total. The predicted octanol–water partition coefficient (Wildman–Crippen LogP) is 3.03. The summed E-state index contributed by atoms with van der Waals surface area (Å²) in [5.74, 6) is -1.04. The van der Waals surface area contributed by atoms with Gasteiger partial charge in [0.05, 0.1) is 37.4 Å². The Labute approximate surface area is 189 Å². The highest BCUT2D eigenvalue weighted by Gasteiger charge is 2.21. The number of hydrogen-bond donors (Lipinski definition) is 2. The lowest BCUT2D eigenvalue weighted by Crippen LogP contribution is -2.31. The molecule has 0 bridgehead atoms. The van der Waals surface area contributed by atoms with Crippen molar-refractivity contribution in [2.24, 2.45) is 4.99 Å². The number of aromatic carboxylic acids is 1. The van der Waals surface area contributed by atoms with Gasteiger partial charge in [-0.3, -0.25) is 14.5 Å². The fourth-order valence-corrected chi connectivity index (χ4v) is 3.31. The van der Waals surface area contributed by atoms with Crippen molar-refractivity contribution in [3.8, 4) is 5.75 Å². The van der Waals surface area contributed by atoms with Crippen LogP contribution in [0.25, 0.3) is 0 Å². The fraction of sp³-hybridized carbons (Fsp3) is 0.125. The number of nitrogens with zero attached hydrogens (tertiary/aromatic N) is 3. The molecule has 2 aromatic carbocycles. The van der Waals surface area contributed by atoms with Gasteiger partial charge in [-0.2, -0.15) is 0 Å². The molecule has 166 valence electrons. The van der Waals surface area contributed by atoms with Crippen LogP contribution in [0.15, 0.2) is 65.8 Å². The molecule has 2 heterocycles. The quantitative estimate of drug-likeness (QED) is 0.603. The second kappa shape index (κ2) is 9.31. The van der Waals surface area contributed by atoms with E-state index in [-0.39, 0.29) is 29.6 Å². The van der Waals surface area contributed by atoms with E-state index in [4.69, 9.17) is 9.84 Å². The van der Waals surface area contributed by atoms with Crippen LogP contribution in [0, 0.1) is 0 Å². The van der Waals surface area contributed by atoms with Crippen molar-refractivity contribution in [1.82, 2.24) is 15.2 Å². The van der Waals surface area contributed by atoms with Crippen LogP contribution in [0.4, 0.5) is 5.69 Å². The third kappa shape index (κ3) is 4.87. The third-order valence-corrected chi connectivity index (χ3v) is 5.10. The maximum atomic E-state index is 12.8. The average Bonchev–Trinajstić information content (AvgIpc) is 2.86. The number of aromatic nitrogens is 1. The Hall–Kier alpha value is -4.53. The first kappa shape index (κ1) is 21.7. The minimum atomic E-state index is -1.06. The summed E-state index contributed by atoms with van der Waals surface area (Å²) in [5, 5.41) is 11.8. The van der Waals surface area contributed by atoms with E-state index in [2.05, 4.69) is 15.3 Å². The van der Waals surface area contributed by atoms with Crippen molar-refractivity contribution in [1.29, 1.82) is 0 Å². The molecule has 0 saturated carbocycles. The Balaban J connectivity index is 1.44. The number of hydrogen-bond acceptors (Lipinski definition) is 6. The minimum absolute atomic E-state index is 0.0971. The molecule has 2 N–H and O–H groups in total. The summed E-state index contributed by atoms with van der Waals surface area (Å²) in [5.41, 5.74) is 2.78. The number of fused-ring (bicyclic) bond motifs is 1. The Morgan fingerprint density at radius 1 is 1.09 bits per heavy atom. The van der Waals surface area contributed by atoms with Gasteiger partial charge < -0.3 is 15.2 Å². The predicted molar refractivity (Wildman–Crippen MR) is 120 cm³/mol. The summed E-state index contributed by atoms with van der Waals surface area (Å²) in [6, 6.07) is 14.7. The van der Waals surface area contributed by atoms with Crippen molar-refractivity contribution in [2.45, 2.75) is 13.1 Å². The molecule has 0 atom stereocenters. The van der Waals surface area contributed by atoms with Gasteiger partial charge in [-0.1, -0.05) is 12.1 Å². The van der Waals surface area contributed by atoms with E-state index >= 15 is 0 Å². The number of carbonyl (C=O) groups excluding carboxylic acids is 2. The molecule has 1 aromatic heterocycles. The van der Waals surface area contributed by atoms with Gasteiger partial charge in [-0.05, 0) is 48.0 Å². The normalized spacial score (nSPS) is 12.1. The van der Waals surface area contributed by atoms with Gasteiger partial charge in [-0.15, -0.1) is 0 Å². The van der Waals surface area contributed by atoms with E-state index in [1.165, 1.54) is 41.7 Å². The molecule has 2 amide bonds. The summed E-state index contributed by atoms with van der Waals surface area (Å²) < 4.78 is 5.19. The molecular weight excluding hydrogens is 424 g/mol.